The zero-order valence-corrected chi connectivity index (χ0v) is 9.45. The first-order chi connectivity index (χ1) is 7.74. The van der Waals surface area contributed by atoms with Crippen LogP contribution in [0.2, 0.25) is 0 Å². The predicted molar refractivity (Wildman–Crippen MR) is 60.7 cm³/mol. The molecule has 1 aromatic carbocycles. The maximum atomic E-state index is 13.5. The van der Waals surface area contributed by atoms with Crippen LogP contribution in [0.5, 0.6) is 0 Å². The first-order valence-corrected chi connectivity index (χ1v) is 5.79. The van der Waals surface area contributed by atoms with Crippen LogP contribution in [0.3, 0.4) is 0 Å². The van der Waals surface area contributed by atoms with Crippen molar-refractivity contribution >= 4 is 5.91 Å². The van der Waals surface area contributed by atoms with Crippen LogP contribution in [0.1, 0.15) is 36.5 Å². The number of hydrogen-bond donors (Lipinski definition) is 0. The van der Waals surface area contributed by atoms with Gasteiger partial charge in [-0.15, -0.1) is 0 Å². The summed E-state index contributed by atoms with van der Waals surface area (Å²) in [5.74, 6) is -0.586. The largest absolute Gasteiger partial charge is 0.336 e. The van der Waals surface area contributed by atoms with Gasteiger partial charge in [-0.1, -0.05) is 19.1 Å². The molecule has 1 fully saturated rings. The number of hydrogen-bond acceptors (Lipinski definition) is 1. The molecule has 0 spiro atoms. The smallest absolute Gasteiger partial charge is 0.257 e. The Morgan fingerprint density at radius 1 is 1.44 bits per heavy atom. The summed E-state index contributed by atoms with van der Waals surface area (Å²) < 4.78 is 13.5. The second kappa shape index (κ2) is 4.64. The van der Waals surface area contributed by atoms with Crippen molar-refractivity contribution in [2.45, 2.75) is 32.2 Å². The predicted octanol–water partition coefficient (Wildman–Crippen LogP) is 2.84. The van der Waals surface area contributed by atoms with E-state index in [1.807, 2.05) is 6.92 Å². The van der Waals surface area contributed by atoms with Crippen molar-refractivity contribution in [2.24, 2.45) is 0 Å². The van der Waals surface area contributed by atoms with E-state index in [4.69, 9.17) is 0 Å². The van der Waals surface area contributed by atoms with Crippen molar-refractivity contribution in [3.8, 4) is 0 Å². The average Bonchev–Trinajstić information content (AvgIpc) is 3.09. The first kappa shape index (κ1) is 11.1. The highest BCUT2D eigenvalue weighted by atomic mass is 19.1. The molecule has 1 aliphatic rings. The molecule has 0 saturated heterocycles. The molecule has 1 aromatic rings. The van der Waals surface area contributed by atoms with Crippen molar-refractivity contribution in [3.05, 3.63) is 35.6 Å². The Morgan fingerprint density at radius 2 is 2.12 bits per heavy atom. The number of rotatable bonds is 4. The maximum absolute atomic E-state index is 13.5. The molecule has 86 valence electrons. The summed E-state index contributed by atoms with van der Waals surface area (Å²) in [6.45, 7) is 2.75. The molecule has 0 N–H and O–H groups in total. The lowest BCUT2D eigenvalue weighted by atomic mass is 10.2. The zero-order chi connectivity index (χ0) is 11.5. The minimum atomic E-state index is -0.422. The van der Waals surface area contributed by atoms with Crippen LogP contribution in [0, 0.1) is 5.82 Å². The Balaban J connectivity index is 2.19. The highest BCUT2D eigenvalue weighted by Crippen LogP contribution is 2.28. The minimum Gasteiger partial charge on any atom is -0.336 e. The molecule has 0 aliphatic heterocycles. The summed E-state index contributed by atoms with van der Waals surface area (Å²) in [4.78, 5) is 13.9. The van der Waals surface area contributed by atoms with E-state index in [1.54, 1.807) is 23.1 Å². The molecule has 2 nitrogen and oxygen atoms in total. The topological polar surface area (TPSA) is 20.3 Å². The van der Waals surface area contributed by atoms with E-state index < -0.39 is 5.82 Å². The second-order valence-corrected chi connectivity index (χ2v) is 4.21. The summed E-state index contributed by atoms with van der Waals surface area (Å²) in [6, 6.07) is 6.54. The lowest BCUT2D eigenvalue weighted by Crippen LogP contribution is -2.34. The Morgan fingerprint density at radius 3 is 2.69 bits per heavy atom. The monoisotopic (exact) mass is 221 g/mol. The van der Waals surface area contributed by atoms with Gasteiger partial charge >= 0.3 is 0 Å². The fourth-order valence-electron chi connectivity index (χ4n) is 1.87. The van der Waals surface area contributed by atoms with Gasteiger partial charge in [0.1, 0.15) is 5.82 Å². The number of amides is 1. The second-order valence-electron chi connectivity index (χ2n) is 4.21. The minimum absolute atomic E-state index is 0.164. The average molecular weight is 221 g/mol. The van der Waals surface area contributed by atoms with Gasteiger partial charge < -0.3 is 4.90 Å². The van der Waals surface area contributed by atoms with E-state index in [-0.39, 0.29) is 11.5 Å². The molecule has 0 unspecified atom stereocenters. The first-order valence-electron chi connectivity index (χ1n) is 5.79. The zero-order valence-electron chi connectivity index (χ0n) is 9.45. The van der Waals surface area contributed by atoms with Gasteiger partial charge in [0.15, 0.2) is 0 Å². The van der Waals surface area contributed by atoms with E-state index in [2.05, 4.69) is 0 Å². The van der Waals surface area contributed by atoms with Crippen molar-refractivity contribution in [1.29, 1.82) is 0 Å². The van der Waals surface area contributed by atoms with Gasteiger partial charge in [-0.25, -0.2) is 4.39 Å². The molecule has 0 aromatic heterocycles. The molecular formula is C13H16FNO. The fraction of sp³-hybridized carbons (Fsp3) is 0.462. The van der Waals surface area contributed by atoms with Gasteiger partial charge in [0.25, 0.3) is 5.91 Å². The number of halogens is 1. The van der Waals surface area contributed by atoms with Crippen molar-refractivity contribution in [2.75, 3.05) is 6.54 Å². The standard InChI is InChI=1S/C13H16FNO/c1-2-9-15(10-7-8-10)13(16)11-5-3-4-6-12(11)14/h3-6,10H,2,7-9H2,1H3. The Labute approximate surface area is 95.1 Å². The molecule has 0 heterocycles. The fourth-order valence-corrected chi connectivity index (χ4v) is 1.87. The molecule has 0 bridgehead atoms. The molecule has 16 heavy (non-hydrogen) atoms. The van der Waals surface area contributed by atoms with Crippen LogP contribution < -0.4 is 0 Å². The van der Waals surface area contributed by atoms with Gasteiger partial charge in [0, 0.05) is 12.6 Å². The highest BCUT2D eigenvalue weighted by Gasteiger charge is 2.33. The van der Waals surface area contributed by atoms with E-state index in [0.29, 0.717) is 6.04 Å². The van der Waals surface area contributed by atoms with Crippen molar-refractivity contribution in [1.82, 2.24) is 4.90 Å². The van der Waals surface area contributed by atoms with E-state index >= 15 is 0 Å². The van der Waals surface area contributed by atoms with Crippen molar-refractivity contribution in [3.63, 3.8) is 0 Å². The quantitative estimate of drug-likeness (QED) is 0.765. The third kappa shape index (κ3) is 2.23. The molecule has 1 amide bonds. The van der Waals surface area contributed by atoms with Crippen LogP contribution in [-0.4, -0.2) is 23.4 Å². The van der Waals surface area contributed by atoms with Crippen LogP contribution in [0.25, 0.3) is 0 Å². The third-order valence-electron chi connectivity index (χ3n) is 2.82. The van der Waals surface area contributed by atoms with E-state index in [1.165, 1.54) is 6.07 Å². The summed E-state index contributed by atoms with van der Waals surface area (Å²) in [7, 11) is 0. The highest BCUT2D eigenvalue weighted by molar-refractivity contribution is 5.94. The van der Waals surface area contributed by atoms with Crippen molar-refractivity contribution < 1.29 is 9.18 Å². The van der Waals surface area contributed by atoms with E-state index in [9.17, 15) is 9.18 Å². The molecular weight excluding hydrogens is 205 g/mol. The van der Waals surface area contributed by atoms with Gasteiger partial charge in [-0.05, 0) is 31.4 Å². The molecule has 0 atom stereocenters. The molecule has 1 aliphatic carbocycles. The molecule has 0 radical (unpaired) electrons. The van der Waals surface area contributed by atoms with Gasteiger partial charge in [0.05, 0.1) is 5.56 Å². The Bertz CT molecular complexity index is 387. The SMILES string of the molecule is CCCN(C(=O)c1ccccc1F)C1CC1. The number of nitrogens with zero attached hydrogens (tertiary/aromatic N) is 1. The van der Waals surface area contributed by atoms with E-state index in [0.717, 1.165) is 25.8 Å². The summed E-state index contributed by atoms with van der Waals surface area (Å²) >= 11 is 0. The summed E-state index contributed by atoms with van der Waals surface area (Å²) in [5.41, 5.74) is 0.197. The number of benzene rings is 1. The van der Waals surface area contributed by atoms with Gasteiger partial charge in [-0.3, -0.25) is 4.79 Å². The number of carbonyl (C=O) groups excluding carboxylic acids is 1. The summed E-state index contributed by atoms with van der Waals surface area (Å²) in [5, 5.41) is 0. The van der Waals surface area contributed by atoms with Gasteiger partial charge in [-0.2, -0.15) is 0 Å². The summed E-state index contributed by atoms with van der Waals surface area (Å²) in [6.07, 6.45) is 3.02. The maximum Gasteiger partial charge on any atom is 0.257 e. The third-order valence-corrected chi connectivity index (χ3v) is 2.82. The molecule has 2 rings (SSSR count). The lowest BCUT2D eigenvalue weighted by molar-refractivity contribution is 0.0738. The van der Waals surface area contributed by atoms with Gasteiger partial charge in [0.2, 0.25) is 0 Å². The normalized spacial score (nSPS) is 14.9. The molecule has 1 saturated carbocycles. The van der Waals surface area contributed by atoms with Crippen LogP contribution in [0.15, 0.2) is 24.3 Å². The lowest BCUT2D eigenvalue weighted by Gasteiger charge is -2.21. The van der Waals surface area contributed by atoms with Crippen LogP contribution in [-0.2, 0) is 0 Å². The Hall–Kier alpha value is -1.38. The molecule has 3 heteroatoms. The number of carbonyl (C=O) groups is 1. The Kier molecular flexibility index (Phi) is 3.22. The van der Waals surface area contributed by atoms with Crippen LogP contribution >= 0.6 is 0 Å². The van der Waals surface area contributed by atoms with Crippen LogP contribution in [0.4, 0.5) is 4.39 Å².